The maximum atomic E-state index is 13.1. The summed E-state index contributed by atoms with van der Waals surface area (Å²) in [6.07, 6.45) is 2.38. The maximum absolute atomic E-state index is 13.1. The zero-order chi connectivity index (χ0) is 24.6. The lowest BCUT2D eigenvalue weighted by Gasteiger charge is -2.29. The molecule has 34 heavy (non-hydrogen) atoms. The van der Waals surface area contributed by atoms with Crippen molar-refractivity contribution in [2.24, 2.45) is 0 Å². The first-order chi connectivity index (χ1) is 16.3. The summed E-state index contributed by atoms with van der Waals surface area (Å²) in [5.74, 6) is -0.501. The fourth-order valence-corrected chi connectivity index (χ4v) is 5.51. The van der Waals surface area contributed by atoms with Gasteiger partial charge in [-0.25, -0.2) is 8.42 Å². The molecule has 1 fully saturated rings. The lowest BCUT2D eigenvalue weighted by atomic mass is 10.1. The van der Waals surface area contributed by atoms with Crippen molar-refractivity contribution in [2.75, 3.05) is 26.2 Å². The Hall–Kier alpha value is -2.75. The number of hydrogen-bond acceptors (Lipinski definition) is 5. The summed E-state index contributed by atoms with van der Waals surface area (Å²) in [6.45, 7) is 3.03. The van der Waals surface area contributed by atoms with Gasteiger partial charge < -0.3 is 15.3 Å². The van der Waals surface area contributed by atoms with Crippen molar-refractivity contribution in [3.8, 4) is 0 Å². The molecule has 1 saturated heterocycles. The summed E-state index contributed by atoms with van der Waals surface area (Å²) in [7, 11) is -3.47. The van der Waals surface area contributed by atoms with E-state index in [9.17, 15) is 18.0 Å². The van der Waals surface area contributed by atoms with Crippen LogP contribution in [0.4, 0.5) is 0 Å². The van der Waals surface area contributed by atoms with Gasteiger partial charge in [0.15, 0.2) is 0 Å². The van der Waals surface area contributed by atoms with Gasteiger partial charge in [0, 0.05) is 32.6 Å². The van der Waals surface area contributed by atoms with Crippen LogP contribution in [-0.4, -0.2) is 66.8 Å². The quantitative estimate of drug-likeness (QED) is 0.504. The third-order valence-electron chi connectivity index (χ3n) is 6.03. The molecular weight excluding hydrogens is 454 g/mol. The molecule has 9 heteroatoms. The zero-order valence-corrected chi connectivity index (χ0v) is 20.3. The average Bonchev–Trinajstić information content (AvgIpc) is 3.41. The number of rotatable bonds is 11. The van der Waals surface area contributed by atoms with E-state index in [0.29, 0.717) is 26.1 Å². The minimum atomic E-state index is -3.47. The van der Waals surface area contributed by atoms with E-state index in [1.165, 1.54) is 9.21 Å². The lowest BCUT2D eigenvalue weighted by molar-refractivity contribution is -0.140. The number of aryl methyl sites for hydroxylation is 1. The topological polar surface area (TPSA) is 107 Å². The number of aliphatic hydroxyl groups excluding tert-OH is 1. The average molecular weight is 488 g/mol. The molecule has 3 rings (SSSR count). The summed E-state index contributed by atoms with van der Waals surface area (Å²) in [5.41, 5.74) is 1.76. The Bertz CT molecular complexity index is 1050. The van der Waals surface area contributed by atoms with Gasteiger partial charge in [-0.2, -0.15) is 4.31 Å². The van der Waals surface area contributed by atoms with E-state index in [2.05, 4.69) is 5.32 Å². The molecule has 1 aliphatic heterocycles. The van der Waals surface area contributed by atoms with Gasteiger partial charge in [-0.3, -0.25) is 9.59 Å². The van der Waals surface area contributed by atoms with Crippen LogP contribution in [0.3, 0.4) is 0 Å². The van der Waals surface area contributed by atoms with Crippen LogP contribution in [0, 0.1) is 0 Å². The van der Waals surface area contributed by atoms with Gasteiger partial charge in [-0.05, 0) is 49.4 Å². The van der Waals surface area contributed by atoms with E-state index in [-0.39, 0.29) is 36.3 Å². The van der Waals surface area contributed by atoms with E-state index >= 15 is 0 Å². The normalized spacial score (nSPS) is 15.1. The van der Waals surface area contributed by atoms with Crippen molar-refractivity contribution in [1.82, 2.24) is 14.5 Å². The Morgan fingerprint density at radius 3 is 2.29 bits per heavy atom. The maximum Gasteiger partial charge on any atom is 0.243 e. The molecule has 0 radical (unpaired) electrons. The number of amides is 2. The predicted octanol–water partition coefficient (Wildman–Crippen LogP) is 1.93. The molecule has 0 aromatic heterocycles. The Balaban J connectivity index is 1.66. The Labute approximate surface area is 201 Å². The molecule has 0 saturated carbocycles. The number of carbonyl (C=O) groups excluding carboxylic acids is 2. The van der Waals surface area contributed by atoms with Crippen LogP contribution in [0.2, 0.25) is 0 Å². The zero-order valence-electron chi connectivity index (χ0n) is 19.5. The minimum absolute atomic E-state index is 0.128. The van der Waals surface area contributed by atoms with Crippen molar-refractivity contribution in [3.05, 3.63) is 65.7 Å². The Morgan fingerprint density at radius 2 is 1.68 bits per heavy atom. The highest BCUT2D eigenvalue weighted by molar-refractivity contribution is 7.89. The second-order valence-corrected chi connectivity index (χ2v) is 10.4. The van der Waals surface area contributed by atoms with E-state index in [0.717, 1.165) is 24.0 Å². The van der Waals surface area contributed by atoms with E-state index in [1.54, 1.807) is 31.2 Å². The van der Waals surface area contributed by atoms with E-state index < -0.39 is 16.1 Å². The molecule has 0 bridgehead atoms. The Morgan fingerprint density at radius 1 is 1.03 bits per heavy atom. The van der Waals surface area contributed by atoms with Crippen molar-refractivity contribution in [3.63, 3.8) is 0 Å². The molecule has 2 aromatic carbocycles. The molecule has 0 spiro atoms. The third kappa shape index (κ3) is 6.65. The fourth-order valence-electron chi connectivity index (χ4n) is 3.99. The number of sulfonamides is 1. The molecule has 2 N–H and O–H groups in total. The number of benzene rings is 2. The minimum Gasteiger partial charge on any atom is -0.395 e. The van der Waals surface area contributed by atoms with Crippen molar-refractivity contribution < 1.29 is 23.1 Å². The molecule has 0 unspecified atom stereocenters. The molecule has 0 aliphatic carbocycles. The van der Waals surface area contributed by atoms with Gasteiger partial charge in [-0.1, -0.05) is 42.5 Å². The first kappa shape index (κ1) is 25.9. The number of hydrogen-bond donors (Lipinski definition) is 2. The van der Waals surface area contributed by atoms with Crippen LogP contribution in [0.1, 0.15) is 37.3 Å². The number of aliphatic hydroxyl groups is 1. The molecule has 1 aliphatic rings. The van der Waals surface area contributed by atoms with Gasteiger partial charge in [0.1, 0.15) is 6.04 Å². The smallest absolute Gasteiger partial charge is 0.243 e. The van der Waals surface area contributed by atoms with Crippen LogP contribution in [-0.2, 0) is 32.6 Å². The van der Waals surface area contributed by atoms with Crippen molar-refractivity contribution in [2.45, 2.75) is 50.1 Å². The van der Waals surface area contributed by atoms with Crippen LogP contribution >= 0.6 is 0 Å². The summed E-state index contributed by atoms with van der Waals surface area (Å²) in [5, 5.41) is 11.6. The van der Waals surface area contributed by atoms with Crippen LogP contribution in [0.15, 0.2) is 59.5 Å². The van der Waals surface area contributed by atoms with Crippen LogP contribution < -0.4 is 5.32 Å². The molecule has 1 heterocycles. The standard InChI is InChI=1S/C25H33N3O5S/c1-20(25(31)26-15-18-29)28(19-22-7-3-2-4-8-22)24(30)14-11-21-9-12-23(13-10-21)34(32,33)27-16-5-6-17-27/h2-4,7-10,12-13,20,29H,5-6,11,14-19H2,1H3,(H,26,31)/t20-/m0/s1. The van der Waals surface area contributed by atoms with E-state index in [4.69, 9.17) is 5.11 Å². The fraction of sp³-hybridized carbons (Fsp3) is 0.440. The van der Waals surface area contributed by atoms with Gasteiger partial charge in [0.2, 0.25) is 21.8 Å². The van der Waals surface area contributed by atoms with E-state index in [1.807, 2.05) is 30.3 Å². The first-order valence-corrected chi connectivity index (χ1v) is 13.1. The lowest BCUT2D eigenvalue weighted by Crippen LogP contribution is -2.48. The van der Waals surface area contributed by atoms with Crippen molar-refractivity contribution >= 4 is 21.8 Å². The van der Waals surface area contributed by atoms with Gasteiger partial charge >= 0.3 is 0 Å². The van der Waals surface area contributed by atoms with Gasteiger partial charge in [0.25, 0.3) is 0 Å². The van der Waals surface area contributed by atoms with Crippen molar-refractivity contribution in [1.29, 1.82) is 0 Å². The number of nitrogens with one attached hydrogen (secondary N) is 1. The summed E-state index contributed by atoms with van der Waals surface area (Å²) in [6, 6.07) is 15.4. The second-order valence-electron chi connectivity index (χ2n) is 8.45. The molecule has 2 aromatic rings. The summed E-state index contributed by atoms with van der Waals surface area (Å²) < 4.78 is 26.9. The first-order valence-electron chi connectivity index (χ1n) is 11.6. The molecule has 1 atom stereocenters. The molecule has 184 valence electrons. The van der Waals surface area contributed by atoms with Crippen LogP contribution in [0.5, 0.6) is 0 Å². The summed E-state index contributed by atoms with van der Waals surface area (Å²) in [4.78, 5) is 27.4. The van der Waals surface area contributed by atoms with Crippen LogP contribution in [0.25, 0.3) is 0 Å². The van der Waals surface area contributed by atoms with Gasteiger partial charge in [0.05, 0.1) is 11.5 Å². The highest BCUT2D eigenvalue weighted by Crippen LogP contribution is 2.21. The molecular formula is C25H33N3O5S. The molecule has 8 nitrogen and oxygen atoms in total. The van der Waals surface area contributed by atoms with Gasteiger partial charge in [-0.15, -0.1) is 0 Å². The largest absolute Gasteiger partial charge is 0.395 e. The highest BCUT2D eigenvalue weighted by atomic mass is 32.2. The number of nitrogens with zero attached hydrogens (tertiary/aromatic N) is 2. The highest BCUT2D eigenvalue weighted by Gasteiger charge is 2.28. The predicted molar refractivity (Wildman–Crippen MR) is 129 cm³/mol. The third-order valence-corrected chi connectivity index (χ3v) is 7.94. The Kier molecular flexibility index (Phi) is 9.20. The number of carbonyl (C=O) groups is 2. The summed E-state index contributed by atoms with van der Waals surface area (Å²) >= 11 is 0. The SMILES string of the molecule is C[C@@H](C(=O)NCCO)N(Cc1ccccc1)C(=O)CCc1ccc(S(=O)(=O)N2CCCC2)cc1. The molecule has 2 amide bonds. The monoisotopic (exact) mass is 487 g/mol. The second kappa shape index (κ2) is 12.1.